The summed E-state index contributed by atoms with van der Waals surface area (Å²) in [5.41, 5.74) is 11.2. The van der Waals surface area contributed by atoms with Gasteiger partial charge in [0.05, 0.1) is 0 Å². The van der Waals surface area contributed by atoms with Crippen molar-refractivity contribution in [3.8, 4) is 5.75 Å². The van der Waals surface area contributed by atoms with E-state index in [4.69, 9.17) is 35.7 Å². The van der Waals surface area contributed by atoms with Gasteiger partial charge in [0, 0.05) is 43.3 Å². The first-order valence-corrected chi connectivity index (χ1v) is 21.9. The molecule has 0 bridgehead atoms. The number of rotatable bonds is 12. The first-order chi connectivity index (χ1) is 21.9. The summed E-state index contributed by atoms with van der Waals surface area (Å²) in [4.78, 5) is 16.8. The Bertz CT molecular complexity index is 1440. The Kier molecular flexibility index (Phi) is 15.9. The molecule has 1 heterocycles. The molecule has 5 nitrogen and oxygen atoms in total. The largest absolute Gasteiger partial charge is 0.502 e. The van der Waals surface area contributed by atoms with E-state index in [1.54, 1.807) is 0 Å². The molecule has 1 aliphatic heterocycles. The minimum atomic E-state index is -1.77. The zero-order chi connectivity index (χ0) is 33.8. The normalized spacial score (nSPS) is 13.0. The van der Waals surface area contributed by atoms with Crippen molar-refractivity contribution in [1.82, 2.24) is 5.32 Å². The molecule has 254 valence electrons. The third kappa shape index (κ3) is 11.8. The van der Waals surface area contributed by atoms with Crippen LogP contribution in [0.2, 0.25) is 0 Å². The number of nitrogens with zero attached hydrogens (tertiary/aromatic N) is 2. The third-order valence-electron chi connectivity index (χ3n) is 7.62. The molecule has 1 aliphatic rings. The second-order valence-electron chi connectivity index (χ2n) is 12.1. The molecule has 0 aliphatic carbocycles. The predicted molar refractivity (Wildman–Crippen MR) is 196 cm³/mol. The minimum absolute atomic E-state index is 0.117. The molecule has 0 saturated carbocycles. The number of benzene rings is 3. The van der Waals surface area contributed by atoms with Gasteiger partial charge in [0.15, 0.2) is 0 Å². The van der Waals surface area contributed by atoms with Crippen LogP contribution in [-0.2, 0) is 24.9 Å². The van der Waals surface area contributed by atoms with Crippen molar-refractivity contribution in [3.05, 3.63) is 94.1 Å². The number of unbranched alkanes of at least 4 members (excludes halogenated alkanes) is 2. The number of amides is 1. The summed E-state index contributed by atoms with van der Waals surface area (Å²) in [6.45, 7) is 19.6. The van der Waals surface area contributed by atoms with Crippen LogP contribution in [0.3, 0.4) is 0 Å². The van der Waals surface area contributed by atoms with E-state index in [0.717, 1.165) is 49.2 Å². The maximum atomic E-state index is 12.1. The van der Waals surface area contributed by atoms with E-state index in [2.05, 4.69) is 80.7 Å². The van der Waals surface area contributed by atoms with Gasteiger partial charge < -0.3 is 15.1 Å². The Labute approximate surface area is 295 Å². The average Bonchev–Trinajstić information content (AvgIpc) is 3.43. The van der Waals surface area contributed by atoms with Gasteiger partial charge in [-0.15, -0.1) is 11.6 Å². The average molecular weight is 775 g/mol. The van der Waals surface area contributed by atoms with Crippen molar-refractivity contribution >= 4 is 52.9 Å². The molecule has 1 fully saturated rings. The quantitative estimate of drug-likeness (QED) is 0.0862. The van der Waals surface area contributed by atoms with Crippen LogP contribution in [0.5, 0.6) is 5.75 Å². The monoisotopic (exact) mass is 774 g/mol. The number of carbonyl (C=O) groups excluding carboxylic acids is 1. The molecule has 0 unspecified atom stereocenters. The Hall–Kier alpha value is -2.11. The third-order valence-corrected chi connectivity index (χ3v) is 9.72. The Morgan fingerprint density at radius 2 is 1.48 bits per heavy atom. The summed E-state index contributed by atoms with van der Waals surface area (Å²) >= 11 is 3.93. The van der Waals surface area contributed by atoms with Crippen LogP contribution in [-0.4, -0.2) is 35.6 Å². The summed E-state index contributed by atoms with van der Waals surface area (Å²) in [5, 5.41) is 3.06. The molecule has 0 spiro atoms. The molecule has 1 N–H and O–H groups in total. The number of aryl methyl sites for hydroxylation is 5. The van der Waals surface area contributed by atoms with Gasteiger partial charge in [0.1, 0.15) is 0 Å². The van der Waals surface area contributed by atoms with Crippen molar-refractivity contribution < 1.29 is 23.0 Å². The smallest absolute Gasteiger partial charge is 0.220 e. The summed E-state index contributed by atoms with van der Waals surface area (Å²) in [6.07, 6.45) is 3.62. The summed E-state index contributed by atoms with van der Waals surface area (Å²) in [7, 11) is 11.6. The second kappa shape index (κ2) is 19.0. The molecule has 46 heavy (non-hydrogen) atoms. The van der Waals surface area contributed by atoms with E-state index >= 15 is 0 Å². The van der Waals surface area contributed by atoms with Gasteiger partial charge in [-0.3, -0.25) is 4.79 Å². The SMILES string of the molecule is CC(C)Oc1ccccc1[CH]=[Ru]([Cl])[Cl].Cc1cc(C)c(N2[CH-]N(c3c(C)cc(CNC(=O)CCCCCCl)cc3C)CC2)c(C)c1. The first-order valence-electron chi connectivity index (χ1n) is 15.9. The van der Waals surface area contributed by atoms with Gasteiger partial charge in [0.2, 0.25) is 5.91 Å². The van der Waals surface area contributed by atoms with Gasteiger partial charge in [-0.25, -0.2) is 0 Å². The van der Waals surface area contributed by atoms with E-state index in [9.17, 15) is 4.79 Å². The number of hydrogen-bond acceptors (Lipinski definition) is 4. The molecule has 1 amide bonds. The predicted octanol–water partition coefficient (Wildman–Crippen LogP) is 9.64. The van der Waals surface area contributed by atoms with Crippen LogP contribution >= 0.6 is 31.0 Å². The molecule has 4 rings (SSSR count). The number of anilines is 2. The van der Waals surface area contributed by atoms with Crippen LogP contribution in [0, 0.1) is 41.3 Å². The van der Waals surface area contributed by atoms with Crippen LogP contribution in [0.4, 0.5) is 11.4 Å². The number of carbonyl (C=O) groups is 1. The van der Waals surface area contributed by atoms with Crippen LogP contribution in [0.1, 0.15) is 78.5 Å². The zero-order valence-corrected chi connectivity index (χ0v) is 32.2. The Balaban J connectivity index is 0.000000344. The van der Waals surface area contributed by atoms with Crippen molar-refractivity contribution in [2.24, 2.45) is 0 Å². The topological polar surface area (TPSA) is 44.8 Å². The van der Waals surface area contributed by atoms with Gasteiger partial charge in [0.25, 0.3) is 0 Å². The fourth-order valence-corrected chi connectivity index (χ4v) is 7.92. The van der Waals surface area contributed by atoms with E-state index in [-0.39, 0.29) is 12.0 Å². The van der Waals surface area contributed by atoms with E-state index in [1.165, 1.54) is 39.2 Å². The molecular weight excluding hydrogens is 726 g/mol. The molecule has 0 aromatic heterocycles. The first kappa shape index (κ1) is 38.3. The Morgan fingerprint density at radius 1 is 0.913 bits per heavy atom. The standard InChI is InChI=1S/C27H37ClN3O.C10H12O.2ClH.Ru/c1-19-13-20(2)26(21(3)14-19)30-11-12-31(18-30)27-22(4)15-24(16-23(27)5)17-29-25(32)9-7-6-8-10-28;1-8(2)11-10-7-5-4-6-9(10)3;;;/h13-16,18H,6-12,17H2,1-5H3,(H,29,32);3-8H,1-2H3;2*1H;/q-1;;;;+2/p-2. The zero-order valence-electron chi connectivity index (χ0n) is 28.2. The minimum Gasteiger partial charge on any atom is -0.502 e. The fourth-order valence-electron chi connectivity index (χ4n) is 5.92. The van der Waals surface area contributed by atoms with E-state index in [1.807, 2.05) is 42.7 Å². The molecule has 3 aromatic carbocycles. The van der Waals surface area contributed by atoms with Crippen LogP contribution < -0.4 is 19.9 Å². The number of halogens is 3. The van der Waals surface area contributed by atoms with Crippen molar-refractivity contribution in [2.75, 3.05) is 28.8 Å². The molecule has 9 heteroatoms. The van der Waals surface area contributed by atoms with Gasteiger partial charge >= 0.3 is 97.8 Å². The van der Waals surface area contributed by atoms with E-state index < -0.39 is 13.5 Å². The number of hydrogen-bond donors (Lipinski definition) is 1. The molecular formula is C37H49Cl3N3O2Ru-. The summed E-state index contributed by atoms with van der Waals surface area (Å²) in [6, 6.07) is 16.7. The molecule has 1 saturated heterocycles. The van der Waals surface area contributed by atoms with E-state index in [0.29, 0.717) is 18.8 Å². The second-order valence-corrected chi connectivity index (χ2v) is 18.2. The number of nitrogens with one attached hydrogen (secondary N) is 1. The van der Waals surface area contributed by atoms with Gasteiger partial charge in [-0.05, 0) is 75.3 Å². The maximum absolute atomic E-state index is 12.1. The summed E-state index contributed by atoms with van der Waals surface area (Å²) < 4.78 is 7.51. The van der Waals surface area contributed by atoms with Crippen molar-refractivity contribution in [3.63, 3.8) is 0 Å². The maximum Gasteiger partial charge on any atom is 0.220 e. The number of para-hydroxylation sites is 1. The number of ether oxygens (including phenoxy) is 1. The Morgan fingerprint density at radius 3 is 2.02 bits per heavy atom. The fraction of sp³-hybridized carbons (Fsp3) is 0.432. The van der Waals surface area contributed by atoms with Gasteiger partial charge in [-0.1, -0.05) is 36.2 Å². The molecule has 0 atom stereocenters. The van der Waals surface area contributed by atoms with Gasteiger partial charge in [-0.2, -0.15) is 6.67 Å². The van der Waals surface area contributed by atoms with Crippen LogP contribution in [0.15, 0.2) is 48.5 Å². The summed E-state index contributed by atoms with van der Waals surface area (Å²) in [5.74, 6) is 1.64. The van der Waals surface area contributed by atoms with Crippen molar-refractivity contribution in [2.45, 2.75) is 86.8 Å². The van der Waals surface area contributed by atoms with Crippen molar-refractivity contribution in [1.29, 1.82) is 0 Å². The van der Waals surface area contributed by atoms with Crippen LogP contribution in [0.25, 0.3) is 0 Å². The molecule has 3 aromatic rings. The molecule has 0 radical (unpaired) electrons. The number of alkyl halides is 1.